The first-order chi connectivity index (χ1) is 12.3. The smallest absolute Gasteiger partial charge is 0.322 e. The molecular weight excluding hydrogens is 345 g/mol. The highest BCUT2D eigenvalue weighted by Gasteiger charge is 2.31. The summed E-state index contributed by atoms with van der Waals surface area (Å²) in [5.41, 5.74) is 1.10. The summed E-state index contributed by atoms with van der Waals surface area (Å²) in [7, 11) is 0. The normalized spacial score (nSPS) is 14.6. The second kappa shape index (κ2) is 6.82. The number of amides is 2. The average molecular weight is 362 g/mol. The lowest BCUT2D eigenvalue weighted by molar-refractivity contribution is -0.137. The molecule has 0 spiro atoms. The number of aryl methyl sites for hydroxylation is 1. The van der Waals surface area contributed by atoms with Gasteiger partial charge in [-0.2, -0.15) is 13.2 Å². The van der Waals surface area contributed by atoms with E-state index in [0.717, 1.165) is 29.8 Å². The van der Waals surface area contributed by atoms with Gasteiger partial charge < -0.3 is 10.2 Å². The number of carbonyl (C=O) groups is 2. The van der Waals surface area contributed by atoms with E-state index in [9.17, 15) is 22.8 Å². The van der Waals surface area contributed by atoms with Crippen molar-refractivity contribution in [1.82, 2.24) is 0 Å². The van der Waals surface area contributed by atoms with Crippen molar-refractivity contribution < 1.29 is 22.8 Å². The van der Waals surface area contributed by atoms with Crippen LogP contribution in [0.1, 0.15) is 34.3 Å². The molecule has 7 heteroatoms. The first-order valence-corrected chi connectivity index (χ1v) is 8.15. The molecule has 1 fully saturated rings. The predicted octanol–water partition coefficient (Wildman–Crippen LogP) is 4.39. The van der Waals surface area contributed by atoms with Gasteiger partial charge in [0, 0.05) is 29.9 Å². The number of anilines is 2. The Morgan fingerprint density at radius 1 is 1.15 bits per heavy atom. The summed E-state index contributed by atoms with van der Waals surface area (Å²) in [4.78, 5) is 25.8. The summed E-state index contributed by atoms with van der Waals surface area (Å²) in [6.45, 7) is 2.48. The molecule has 2 amide bonds. The van der Waals surface area contributed by atoms with Gasteiger partial charge in [0.1, 0.15) is 0 Å². The van der Waals surface area contributed by atoms with Gasteiger partial charge >= 0.3 is 6.18 Å². The van der Waals surface area contributed by atoms with E-state index in [0.29, 0.717) is 18.7 Å². The van der Waals surface area contributed by atoms with E-state index in [2.05, 4.69) is 5.32 Å². The third kappa shape index (κ3) is 3.71. The lowest BCUT2D eigenvalue weighted by Gasteiger charge is -2.19. The Labute approximate surface area is 148 Å². The molecule has 1 aliphatic rings. The van der Waals surface area contributed by atoms with E-state index >= 15 is 0 Å². The number of benzene rings is 2. The van der Waals surface area contributed by atoms with Crippen LogP contribution >= 0.6 is 0 Å². The van der Waals surface area contributed by atoms with Gasteiger partial charge in [-0.05, 0) is 55.3 Å². The third-order valence-electron chi connectivity index (χ3n) is 4.27. The van der Waals surface area contributed by atoms with Crippen LogP contribution in [-0.4, -0.2) is 18.4 Å². The Morgan fingerprint density at radius 3 is 2.54 bits per heavy atom. The van der Waals surface area contributed by atoms with E-state index in [1.807, 2.05) is 6.92 Å². The third-order valence-corrected chi connectivity index (χ3v) is 4.27. The van der Waals surface area contributed by atoms with Crippen LogP contribution in [0.4, 0.5) is 24.5 Å². The van der Waals surface area contributed by atoms with Crippen LogP contribution in [0.5, 0.6) is 0 Å². The molecule has 1 heterocycles. The number of carbonyl (C=O) groups excluding carboxylic acids is 2. The van der Waals surface area contributed by atoms with Crippen molar-refractivity contribution in [3.63, 3.8) is 0 Å². The van der Waals surface area contributed by atoms with Crippen molar-refractivity contribution in [2.24, 2.45) is 0 Å². The summed E-state index contributed by atoms with van der Waals surface area (Å²) < 4.78 is 38.3. The number of rotatable bonds is 3. The minimum atomic E-state index is -4.50. The molecule has 1 aliphatic heterocycles. The van der Waals surface area contributed by atoms with Gasteiger partial charge in [-0.1, -0.05) is 6.07 Å². The Morgan fingerprint density at radius 2 is 1.92 bits per heavy atom. The lowest BCUT2D eigenvalue weighted by atomic mass is 10.1. The standard InChI is InChI=1S/C19H17F3N2O2/c1-12-10-15(7-8-16(12)24-9-3-6-17(24)25)23-18(26)13-4-2-5-14(11-13)19(20,21)22/h2,4-5,7-8,10-11H,3,6,9H2,1H3,(H,23,26). The van der Waals surface area contributed by atoms with E-state index < -0.39 is 17.6 Å². The maximum absolute atomic E-state index is 12.8. The first-order valence-electron chi connectivity index (χ1n) is 8.15. The number of nitrogens with zero attached hydrogens (tertiary/aromatic N) is 1. The monoisotopic (exact) mass is 362 g/mol. The molecule has 0 radical (unpaired) electrons. The largest absolute Gasteiger partial charge is 0.416 e. The molecule has 0 bridgehead atoms. The van der Waals surface area contributed by atoms with Gasteiger partial charge in [0.15, 0.2) is 0 Å². The SMILES string of the molecule is Cc1cc(NC(=O)c2cccc(C(F)(F)F)c2)ccc1N1CCCC1=O. The molecule has 1 N–H and O–H groups in total. The van der Waals surface area contributed by atoms with Crippen molar-refractivity contribution in [3.05, 3.63) is 59.2 Å². The fraction of sp³-hybridized carbons (Fsp3) is 0.263. The summed E-state index contributed by atoms with van der Waals surface area (Å²) in [6.07, 6.45) is -3.17. The Bertz CT molecular complexity index is 862. The lowest BCUT2D eigenvalue weighted by Crippen LogP contribution is -2.24. The van der Waals surface area contributed by atoms with Gasteiger partial charge in [0.2, 0.25) is 5.91 Å². The molecule has 3 rings (SSSR count). The first kappa shape index (κ1) is 18.0. The summed E-state index contributed by atoms with van der Waals surface area (Å²) in [5, 5.41) is 2.60. The molecule has 136 valence electrons. The minimum Gasteiger partial charge on any atom is -0.322 e. The maximum Gasteiger partial charge on any atom is 0.416 e. The zero-order chi connectivity index (χ0) is 18.9. The summed E-state index contributed by atoms with van der Waals surface area (Å²) >= 11 is 0. The highest BCUT2D eigenvalue weighted by atomic mass is 19.4. The van der Waals surface area contributed by atoms with Gasteiger partial charge in [-0.3, -0.25) is 9.59 Å². The van der Waals surface area contributed by atoms with Gasteiger partial charge in [0.05, 0.1) is 5.56 Å². The fourth-order valence-electron chi connectivity index (χ4n) is 2.98. The number of hydrogen-bond donors (Lipinski definition) is 1. The van der Waals surface area contributed by atoms with Crippen LogP contribution < -0.4 is 10.2 Å². The second-order valence-corrected chi connectivity index (χ2v) is 6.18. The van der Waals surface area contributed by atoms with Gasteiger partial charge in [-0.25, -0.2) is 0 Å². The zero-order valence-electron chi connectivity index (χ0n) is 14.1. The Hall–Kier alpha value is -2.83. The number of hydrogen-bond acceptors (Lipinski definition) is 2. The maximum atomic E-state index is 12.8. The summed E-state index contributed by atoms with van der Waals surface area (Å²) in [5.74, 6) is -0.561. The molecule has 0 atom stereocenters. The van der Waals surface area contributed by atoms with E-state index in [1.165, 1.54) is 12.1 Å². The number of alkyl halides is 3. The molecular formula is C19H17F3N2O2. The van der Waals surface area contributed by atoms with Crippen molar-refractivity contribution in [2.75, 3.05) is 16.8 Å². The van der Waals surface area contributed by atoms with Crippen molar-refractivity contribution in [3.8, 4) is 0 Å². The molecule has 0 saturated carbocycles. The second-order valence-electron chi connectivity index (χ2n) is 6.18. The van der Waals surface area contributed by atoms with Crippen LogP contribution in [0.3, 0.4) is 0 Å². The topological polar surface area (TPSA) is 49.4 Å². The van der Waals surface area contributed by atoms with Crippen LogP contribution in [0.2, 0.25) is 0 Å². The predicted molar refractivity (Wildman–Crippen MR) is 92.2 cm³/mol. The van der Waals surface area contributed by atoms with Crippen LogP contribution in [-0.2, 0) is 11.0 Å². The van der Waals surface area contributed by atoms with E-state index in [-0.39, 0.29) is 11.5 Å². The van der Waals surface area contributed by atoms with Crippen LogP contribution in [0, 0.1) is 6.92 Å². The molecule has 0 unspecified atom stereocenters. The highest BCUT2D eigenvalue weighted by Crippen LogP contribution is 2.30. The number of halogens is 3. The molecule has 2 aromatic carbocycles. The van der Waals surface area contributed by atoms with E-state index in [4.69, 9.17) is 0 Å². The molecule has 26 heavy (non-hydrogen) atoms. The van der Waals surface area contributed by atoms with Gasteiger partial charge in [0.25, 0.3) is 5.91 Å². The molecule has 4 nitrogen and oxygen atoms in total. The van der Waals surface area contributed by atoms with Crippen molar-refractivity contribution in [1.29, 1.82) is 0 Å². The number of nitrogens with one attached hydrogen (secondary N) is 1. The average Bonchev–Trinajstić information content (AvgIpc) is 3.00. The summed E-state index contributed by atoms with van der Waals surface area (Å²) in [6, 6.07) is 9.34. The molecule has 0 aromatic heterocycles. The molecule has 1 saturated heterocycles. The highest BCUT2D eigenvalue weighted by molar-refractivity contribution is 6.04. The van der Waals surface area contributed by atoms with E-state index in [1.54, 1.807) is 23.1 Å². The van der Waals surface area contributed by atoms with Crippen molar-refractivity contribution >= 4 is 23.2 Å². The quantitative estimate of drug-likeness (QED) is 0.880. The molecule has 0 aliphatic carbocycles. The van der Waals surface area contributed by atoms with Crippen LogP contribution in [0.15, 0.2) is 42.5 Å². The zero-order valence-corrected chi connectivity index (χ0v) is 14.1. The minimum absolute atomic E-state index is 0.0638. The fourth-order valence-corrected chi connectivity index (χ4v) is 2.98. The van der Waals surface area contributed by atoms with Crippen molar-refractivity contribution in [2.45, 2.75) is 25.9 Å². The van der Waals surface area contributed by atoms with Crippen LogP contribution in [0.25, 0.3) is 0 Å². The Balaban J connectivity index is 1.78. The molecule has 2 aromatic rings. The van der Waals surface area contributed by atoms with Gasteiger partial charge in [-0.15, -0.1) is 0 Å². The Kier molecular flexibility index (Phi) is 4.71.